The first-order chi connectivity index (χ1) is 4.83. The van der Waals surface area contributed by atoms with Crippen LogP contribution in [-0.4, -0.2) is 15.6 Å². The second kappa shape index (κ2) is 3.37. The number of nitrogens with zero attached hydrogens (tertiary/aromatic N) is 2. The highest BCUT2D eigenvalue weighted by Gasteiger charge is 1.97. The number of nitrogens with two attached hydrogens (primary N) is 1. The zero-order valence-electron chi connectivity index (χ0n) is 6.20. The van der Waals surface area contributed by atoms with Gasteiger partial charge in [0.1, 0.15) is 0 Å². The van der Waals surface area contributed by atoms with Crippen LogP contribution in [0.1, 0.15) is 13.3 Å². The third kappa shape index (κ3) is 1.84. The summed E-state index contributed by atoms with van der Waals surface area (Å²) in [6.45, 7) is 2.96. The Labute approximate surface area is 60.9 Å². The first-order valence-electron chi connectivity index (χ1n) is 3.54. The smallest absolute Gasteiger partial charge is 0.0946 e. The lowest BCUT2D eigenvalue weighted by atomic mass is 10.2. The fourth-order valence-electron chi connectivity index (χ4n) is 0.795. The fourth-order valence-corrected chi connectivity index (χ4v) is 0.795. The predicted molar refractivity (Wildman–Crippen MR) is 40.5 cm³/mol. The molecule has 1 heterocycles. The maximum atomic E-state index is 5.72. The van der Waals surface area contributed by atoms with Gasteiger partial charge in [-0.2, -0.15) is 0 Å². The lowest BCUT2D eigenvalue weighted by Crippen LogP contribution is -2.24. The van der Waals surface area contributed by atoms with Crippen LogP contribution in [0.3, 0.4) is 0 Å². The highest BCUT2D eigenvalue weighted by atomic mass is 15.0. The zero-order chi connectivity index (χ0) is 7.40. The molecule has 0 aliphatic carbocycles. The Kier molecular flexibility index (Phi) is 2.45. The second-order valence-corrected chi connectivity index (χ2v) is 2.43. The topological polar surface area (TPSA) is 43.8 Å². The third-order valence-electron chi connectivity index (χ3n) is 1.53. The van der Waals surface area contributed by atoms with Crippen LogP contribution >= 0.6 is 0 Å². The molecule has 2 N–H and O–H groups in total. The Morgan fingerprint density at radius 2 is 2.50 bits per heavy atom. The molecule has 56 valence electrons. The molecular formula is C7H13N3. The average Bonchev–Trinajstić information content (AvgIpc) is 2.40. The lowest BCUT2D eigenvalue weighted by molar-refractivity contribution is 0.538. The summed E-state index contributed by atoms with van der Waals surface area (Å²) >= 11 is 0. The average molecular weight is 139 g/mol. The molecule has 1 aromatic rings. The molecule has 1 aromatic heterocycles. The summed E-state index contributed by atoms with van der Waals surface area (Å²) in [5, 5.41) is 0. The van der Waals surface area contributed by atoms with E-state index in [1.165, 1.54) is 0 Å². The fraction of sp³-hybridized carbons (Fsp3) is 0.571. The van der Waals surface area contributed by atoms with E-state index in [4.69, 9.17) is 5.73 Å². The largest absolute Gasteiger partial charge is 0.336 e. The number of imidazole rings is 1. The van der Waals surface area contributed by atoms with E-state index in [1.807, 2.05) is 10.8 Å². The van der Waals surface area contributed by atoms with Crippen LogP contribution < -0.4 is 5.73 Å². The van der Waals surface area contributed by atoms with Crippen molar-refractivity contribution in [2.75, 3.05) is 0 Å². The molecule has 0 saturated heterocycles. The molecule has 0 fully saturated rings. The van der Waals surface area contributed by atoms with Gasteiger partial charge in [0, 0.05) is 25.0 Å². The second-order valence-electron chi connectivity index (χ2n) is 2.43. The number of hydrogen-bond donors (Lipinski definition) is 1. The standard InChI is InChI=1S/C7H13N3/c1-2-7(8)5-10-4-3-9-6-10/h3-4,6-7H,2,5,8H2,1H3. The summed E-state index contributed by atoms with van der Waals surface area (Å²) < 4.78 is 1.99. The van der Waals surface area contributed by atoms with Crippen molar-refractivity contribution in [1.82, 2.24) is 9.55 Å². The van der Waals surface area contributed by atoms with Crippen LogP contribution in [0.2, 0.25) is 0 Å². The lowest BCUT2D eigenvalue weighted by Gasteiger charge is -2.07. The van der Waals surface area contributed by atoms with Crippen LogP contribution in [0.25, 0.3) is 0 Å². The van der Waals surface area contributed by atoms with Crippen LogP contribution in [0.4, 0.5) is 0 Å². The summed E-state index contributed by atoms with van der Waals surface area (Å²) in [6, 6.07) is 0.259. The van der Waals surface area contributed by atoms with Gasteiger partial charge in [-0.1, -0.05) is 6.92 Å². The van der Waals surface area contributed by atoms with E-state index in [2.05, 4.69) is 11.9 Å². The van der Waals surface area contributed by atoms with Crippen molar-refractivity contribution in [3.05, 3.63) is 18.7 Å². The first kappa shape index (κ1) is 7.28. The van der Waals surface area contributed by atoms with Crippen LogP contribution in [0.15, 0.2) is 18.7 Å². The normalized spacial score (nSPS) is 13.4. The van der Waals surface area contributed by atoms with E-state index in [0.29, 0.717) is 0 Å². The molecular weight excluding hydrogens is 126 g/mol. The van der Waals surface area contributed by atoms with Gasteiger partial charge in [0.25, 0.3) is 0 Å². The minimum atomic E-state index is 0.259. The minimum Gasteiger partial charge on any atom is -0.336 e. The molecule has 3 heteroatoms. The molecule has 0 aliphatic rings. The molecule has 0 spiro atoms. The van der Waals surface area contributed by atoms with Gasteiger partial charge < -0.3 is 10.3 Å². The Balaban J connectivity index is 2.40. The number of rotatable bonds is 3. The van der Waals surface area contributed by atoms with Gasteiger partial charge in [-0.15, -0.1) is 0 Å². The van der Waals surface area contributed by atoms with E-state index in [1.54, 1.807) is 12.5 Å². The molecule has 1 unspecified atom stereocenters. The van der Waals surface area contributed by atoms with E-state index in [-0.39, 0.29) is 6.04 Å². The molecule has 0 amide bonds. The predicted octanol–water partition coefficient (Wildman–Crippen LogP) is 0.620. The van der Waals surface area contributed by atoms with Gasteiger partial charge in [0.05, 0.1) is 6.33 Å². The molecule has 10 heavy (non-hydrogen) atoms. The summed E-state index contributed by atoms with van der Waals surface area (Å²) in [5.41, 5.74) is 5.72. The van der Waals surface area contributed by atoms with Gasteiger partial charge in [-0.05, 0) is 6.42 Å². The first-order valence-corrected chi connectivity index (χ1v) is 3.54. The maximum Gasteiger partial charge on any atom is 0.0946 e. The molecule has 1 atom stereocenters. The van der Waals surface area contributed by atoms with Crippen molar-refractivity contribution in [3.8, 4) is 0 Å². The van der Waals surface area contributed by atoms with Crippen LogP contribution in [0, 0.1) is 0 Å². The Bertz CT molecular complexity index is 169. The number of aromatic nitrogens is 2. The van der Waals surface area contributed by atoms with E-state index < -0.39 is 0 Å². The summed E-state index contributed by atoms with van der Waals surface area (Å²) in [6.07, 6.45) is 6.49. The zero-order valence-corrected chi connectivity index (χ0v) is 6.20. The number of hydrogen-bond acceptors (Lipinski definition) is 2. The molecule has 1 rings (SSSR count). The molecule has 0 radical (unpaired) electrons. The van der Waals surface area contributed by atoms with Crippen LogP contribution in [0.5, 0.6) is 0 Å². The molecule has 0 bridgehead atoms. The summed E-state index contributed by atoms with van der Waals surface area (Å²) in [5.74, 6) is 0. The van der Waals surface area contributed by atoms with Crippen molar-refractivity contribution in [2.45, 2.75) is 25.9 Å². The Hall–Kier alpha value is -0.830. The van der Waals surface area contributed by atoms with E-state index in [9.17, 15) is 0 Å². The van der Waals surface area contributed by atoms with Gasteiger partial charge in [-0.25, -0.2) is 4.98 Å². The molecule has 0 aliphatic heterocycles. The van der Waals surface area contributed by atoms with Crippen LogP contribution in [-0.2, 0) is 6.54 Å². The van der Waals surface area contributed by atoms with Crippen molar-refractivity contribution in [1.29, 1.82) is 0 Å². The van der Waals surface area contributed by atoms with Gasteiger partial charge in [0.2, 0.25) is 0 Å². The highest BCUT2D eigenvalue weighted by molar-refractivity contribution is 4.76. The molecule has 0 aromatic carbocycles. The highest BCUT2D eigenvalue weighted by Crippen LogP contribution is 1.92. The SMILES string of the molecule is CCC(N)Cn1ccnc1. The quantitative estimate of drug-likeness (QED) is 0.667. The maximum absolute atomic E-state index is 5.72. The summed E-state index contributed by atoms with van der Waals surface area (Å²) in [4.78, 5) is 3.92. The molecule has 3 nitrogen and oxygen atoms in total. The van der Waals surface area contributed by atoms with Crippen molar-refractivity contribution in [2.24, 2.45) is 5.73 Å². The monoisotopic (exact) mass is 139 g/mol. The molecule has 0 saturated carbocycles. The van der Waals surface area contributed by atoms with Gasteiger partial charge in [0.15, 0.2) is 0 Å². The van der Waals surface area contributed by atoms with Crippen molar-refractivity contribution >= 4 is 0 Å². The Morgan fingerprint density at radius 1 is 1.70 bits per heavy atom. The van der Waals surface area contributed by atoms with Gasteiger partial charge in [-0.3, -0.25) is 0 Å². The van der Waals surface area contributed by atoms with E-state index in [0.717, 1.165) is 13.0 Å². The van der Waals surface area contributed by atoms with Gasteiger partial charge >= 0.3 is 0 Å². The van der Waals surface area contributed by atoms with E-state index >= 15 is 0 Å². The third-order valence-corrected chi connectivity index (χ3v) is 1.53. The minimum absolute atomic E-state index is 0.259. The van der Waals surface area contributed by atoms with Crippen molar-refractivity contribution < 1.29 is 0 Å². The Morgan fingerprint density at radius 3 is 3.00 bits per heavy atom. The summed E-state index contributed by atoms with van der Waals surface area (Å²) in [7, 11) is 0. The van der Waals surface area contributed by atoms with Crippen molar-refractivity contribution in [3.63, 3.8) is 0 Å².